The van der Waals surface area contributed by atoms with Gasteiger partial charge in [-0.3, -0.25) is 72.3 Å². The molecular weight excluding hydrogens is 1220 g/mol. The number of nitrogens with two attached hydrogens (primary N) is 3. The first-order valence-electron chi connectivity index (χ1n) is 30.2. The summed E-state index contributed by atoms with van der Waals surface area (Å²) < 4.78 is 0. The highest BCUT2D eigenvalue weighted by Gasteiger charge is 2.41. The Kier molecular flexibility index (Phi) is 28.2. The first-order valence-corrected chi connectivity index (χ1v) is 30.6. The second-order valence-corrected chi connectivity index (χ2v) is 23.4. The molecule has 12 amide bonds. The van der Waals surface area contributed by atoms with Gasteiger partial charge >= 0.3 is 5.97 Å². The van der Waals surface area contributed by atoms with E-state index in [0.29, 0.717) is 28.1 Å². The molecule has 4 heterocycles. The minimum atomic E-state index is -2.00. The van der Waals surface area contributed by atoms with Crippen LogP contribution in [0, 0.1) is 5.92 Å². The summed E-state index contributed by atoms with van der Waals surface area (Å²) >= 11 is 6.13. The molecule has 2 bridgehead atoms. The summed E-state index contributed by atoms with van der Waals surface area (Å²) in [5.41, 5.74) is 18.2. The van der Waals surface area contributed by atoms with E-state index in [0.717, 1.165) is 0 Å². The van der Waals surface area contributed by atoms with Crippen molar-refractivity contribution in [2.24, 2.45) is 28.1 Å². The molecule has 3 aromatic rings. The van der Waals surface area contributed by atoms with E-state index in [2.05, 4.69) is 63.1 Å². The number of rotatable bonds is 26. The molecule has 17 N–H and O–H groups in total. The van der Waals surface area contributed by atoms with Crippen LogP contribution in [0.2, 0.25) is 5.02 Å². The first-order chi connectivity index (χ1) is 43.6. The van der Waals surface area contributed by atoms with Crippen molar-refractivity contribution in [3.8, 4) is 0 Å². The lowest BCUT2D eigenvalue weighted by atomic mass is 9.99. The van der Waals surface area contributed by atoms with Gasteiger partial charge in [0.15, 0.2) is 5.96 Å². The number of hydrogen-bond donors (Lipinski definition) is 14. The number of aliphatic imine (C=N–C) groups is 1. The molecule has 2 aromatic carbocycles. The van der Waals surface area contributed by atoms with Gasteiger partial charge in [-0.25, -0.2) is 0 Å². The summed E-state index contributed by atoms with van der Waals surface area (Å²) in [5, 5.41) is 36.5. The number of carbonyl (C=O) groups excluding carboxylic acids is 12. The molecule has 0 unspecified atom stereocenters. The molecule has 10 atom stereocenters. The fourth-order valence-electron chi connectivity index (χ4n) is 10.2. The number of nitrogens with zero attached hydrogens (tertiary/aromatic N) is 3. The number of pyridine rings is 1. The maximum Gasteiger partial charge on any atom is 0.305 e. The summed E-state index contributed by atoms with van der Waals surface area (Å²) in [4.78, 5) is 189. The Hall–Kier alpha value is -9.74. The first kappa shape index (κ1) is 73.0. The average Bonchev–Trinajstić information content (AvgIpc) is 1.63. The number of hydrogen-bond acceptors (Lipinski definition) is 15. The number of carbonyl (C=O) groups is 13. The van der Waals surface area contributed by atoms with Gasteiger partial charge in [-0.15, -0.1) is 0 Å². The van der Waals surface area contributed by atoms with Crippen LogP contribution in [0.1, 0.15) is 109 Å². The second kappa shape index (κ2) is 35.6. The van der Waals surface area contributed by atoms with Crippen LogP contribution >= 0.6 is 11.6 Å². The molecule has 0 radical (unpaired) electrons. The fraction of sp³-hybridized carbons (Fsp3) is 0.492. The maximum absolute atomic E-state index is 14.7. The molecule has 30 nitrogen and oxygen atoms in total. The van der Waals surface area contributed by atoms with Crippen molar-refractivity contribution in [2.45, 2.75) is 172 Å². The number of guanidine groups is 1. The molecule has 498 valence electrons. The van der Waals surface area contributed by atoms with Crippen LogP contribution in [0.4, 0.5) is 5.69 Å². The molecule has 3 aliphatic rings. The van der Waals surface area contributed by atoms with E-state index in [4.69, 9.17) is 28.8 Å². The molecule has 1 fully saturated rings. The molecule has 0 aliphatic carbocycles. The van der Waals surface area contributed by atoms with Crippen LogP contribution in [-0.2, 0) is 81.6 Å². The van der Waals surface area contributed by atoms with Crippen molar-refractivity contribution in [3.05, 3.63) is 94.8 Å². The Bertz CT molecular complexity index is 3170. The van der Waals surface area contributed by atoms with Gasteiger partial charge in [0.2, 0.25) is 70.9 Å². The lowest BCUT2D eigenvalue weighted by Gasteiger charge is -2.31. The Labute approximate surface area is 536 Å². The number of carboxylic acids is 1. The van der Waals surface area contributed by atoms with Gasteiger partial charge in [0.25, 0.3) is 0 Å². The molecule has 3 aliphatic heterocycles. The van der Waals surface area contributed by atoms with Crippen molar-refractivity contribution in [3.63, 3.8) is 0 Å². The highest BCUT2D eigenvalue weighted by Crippen LogP contribution is 2.22. The van der Waals surface area contributed by atoms with Crippen molar-refractivity contribution >= 4 is 100 Å². The normalized spacial score (nSPS) is 19.6. The van der Waals surface area contributed by atoms with Gasteiger partial charge in [-0.1, -0.05) is 62.7 Å². The number of benzene rings is 2. The molecule has 0 spiro atoms. The SMILES string of the molecule is CC[C@H](NC(C)=O)C(=O)N[C@@H](Cc1ccc(Cl)cc1)C(=O)N[C@@H](Cc1cccnc1)C(=O)N[C@@H](CC(=O)O)C(=O)N[C@@H]1CCC(=O)Nc2ccc(cc2)C[C@@H](C(=O)N2CCC[C@@H]2C(=O)N[C@@H](C)C(N)=O)NC(=O)[C@H](CC(C)C)NC(=O)[C@@H](CCCN=C(N)N)NC1=O. The molecule has 0 saturated carbocycles. The number of likely N-dealkylation sites (tertiary alicyclic amines) is 1. The smallest absolute Gasteiger partial charge is 0.305 e. The van der Waals surface area contributed by atoms with Gasteiger partial charge in [-0.2, -0.15) is 0 Å². The van der Waals surface area contributed by atoms with Gasteiger partial charge < -0.3 is 80.4 Å². The van der Waals surface area contributed by atoms with E-state index in [1.54, 1.807) is 69.3 Å². The number of fused-ring (bicyclic) bond motifs is 16. The minimum absolute atomic E-state index is 0.00259. The third-order valence-corrected chi connectivity index (χ3v) is 15.3. The summed E-state index contributed by atoms with van der Waals surface area (Å²) in [6.07, 6.45) is 0.790. The average molecular weight is 1300 g/mol. The highest BCUT2D eigenvalue weighted by molar-refractivity contribution is 6.30. The topological polar surface area (TPSA) is 469 Å². The number of aromatic nitrogens is 1. The third-order valence-electron chi connectivity index (χ3n) is 15.0. The summed E-state index contributed by atoms with van der Waals surface area (Å²) in [6, 6.07) is 1.50. The quantitative estimate of drug-likeness (QED) is 0.0185. The maximum atomic E-state index is 14.7. The van der Waals surface area contributed by atoms with Crippen LogP contribution in [0.15, 0.2) is 78.0 Å². The number of carboxylic acid groups (broad SMARTS) is 1. The molecule has 31 heteroatoms. The van der Waals surface area contributed by atoms with E-state index in [1.807, 2.05) is 0 Å². The Morgan fingerprint density at radius 3 is 1.95 bits per heavy atom. The minimum Gasteiger partial charge on any atom is -0.481 e. The van der Waals surface area contributed by atoms with Gasteiger partial charge in [0.05, 0.1) is 6.42 Å². The lowest BCUT2D eigenvalue weighted by molar-refractivity contribution is -0.142. The zero-order valence-corrected chi connectivity index (χ0v) is 52.6. The number of anilines is 1. The number of amides is 12. The van der Waals surface area contributed by atoms with Gasteiger partial charge in [-0.05, 0) is 105 Å². The number of halogens is 1. The predicted molar refractivity (Wildman–Crippen MR) is 336 cm³/mol. The third kappa shape index (κ3) is 23.6. The monoisotopic (exact) mass is 1300 g/mol. The van der Waals surface area contributed by atoms with Gasteiger partial charge in [0, 0.05) is 68.8 Å². The van der Waals surface area contributed by atoms with Crippen LogP contribution in [0.25, 0.3) is 0 Å². The zero-order chi connectivity index (χ0) is 67.8. The highest BCUT2D eigenvalue weighted by atomic mass is 35.5. The summed E-state index contributed by atoms with van der Waals surface area (Å²) in [5.74, 6) is -12.2. The van der Waals surface area contributed by atoms with E-state index in [9.17, 15) is 67.4 Å². The van der Waals surface area contributed by atoms with Crippen molar-refractivity contribution < 1.29 is 67.4 Å². The van der Waals surface area contributed by atoms with Crippen molar-refractivity contribution in [1.82, 2.24) is 57.7 Å². The van der Waals surface area contributed by atoms with Crippen molar-refractivity contribution in [1.29, 1.82) is 0 Å². The standard InChI is InChI=1S/C61H83ClN16O14/c1-6-40(69-34(5)79)52(84)74-44(27-35-13-17-38(62)18-14-35)56(88)75-45(29-37-10-7-23-66-31-37)57(89)76-46(30-50(81)82)58(90)72-42-21-22-49(80)70-39-19-15-36(16-20-39)28-47(60(92)78-25-9-12-48(78)59(91)68-33(4)51(63)83)77-55(87)43(26-32(2)3)73-53(85)41(71-54(42)86)11-8-24-67-61(64)65/h7,10,13-20,23,31-33,40-48H,6,8-9,11-12,21-22,24-30H2,1-5H3,(H2,63,83)(H,68,91)(H,69,79)(H,70,80)(H,71,86)(H,72,90)(H,73,85)(H,74,84)(H,75,88)(H,76,89)(H,77,87)(H,81,82)(H4,64,65,67)/t33-,40-,41+,42+,43-,44-,45-,46-,47-,48+/m0/s1. The Morgan fingerprint density at radius 2 is 1.36 bits per heavy atom. The second-order valence-electron chi connectivity index (χ2n) is 23.0. The van der Waals surface area contributed by atoms with Crippen molar-refractivity contribution in [2.75, 3.05) is 18.4 Å². The molecule has 6 rings (SSSR count). The van der Waals surface area contributed by atoms with E-state index >= 15 is 0 Å². The largest absolute Gasteiger partial charge is 0.481 e. The zero-order valence-electron chi connectivity index (χ0n) is 51.9. The Balaban J connectivity index is 1.48. The van der Waals surface area contributed by atoms with Gasteiger partial charge in [0.1, 0.15) is 60.4 Å². The molecular formula is C61H83ClN16O14. The van der Waals surface area contributed by atoms with Crippen LogP contribution in [0.5, 0.6) is 0 Å². The van der Waals surface area contributed by atoms with E-state index < -0.39 is 157 Å². The summed E-state index contributed by atoms with van der Waals surface area (Å²) in [7, 11) is 0. The molecule has 1 saturated heterocycles. The number of nitrogens with one attached hydrogen (secondary N) is 10. The molecule has 1 aromatic heterocycles. The van der Waals surface area contributed by atoms with E-state index in [-0.39, 0.29) is 82.0 Å². The summed E-state index contributed by atoms with van der Waals surface area (Å²) in [6.45, 7) is 7.87. The Morgan fingerprint density at radius 1 is 0.739 bits per heavy atom. The number of primary amides is 1. The van der Waals surface area contributed by atoms with Crippen LogP contribution < -0.4 is 70.4 Å². The lowest BCUT2D eigenvalue weighted by Crippen LogP contribution is -2.61. The number of aliphatic carboxylic acids is 1. The van der Waals surface area contributed by atoms with Crippen LogP contribution in [0.3, 0.4) is 0 Å². The predicted octanol–water partition coefficient (Wildman–Crippen LogP) is -1.64. The molecule has 92 heavy (non-hydrogen) atoms. The fourth-order valence-corrected chi connectivity index (χ4v) is 10.3. The van der Waals surface area contributed by atoms with E-state index in [1.165, 1.54) is 43.3 Å². The van der Waals surface area contributed by atoms with Crippen LogP contribution in [-0.4, -0.2) is 171 Å².